The van der Waals surface area contributed by atoms with Crippen molar-refractivity contribution in [3.8, 4) is 0 Å². The van der Waals surface area contributed by atoms with E-state index in [1.807, 2.05) is 49.0 Å². The highest BCUT2D eigenvalue weighted by Gasteiger charge is 2.30. The fourth-order valence-electron chi connectivity index (χ4n) is 4.49. The first-order valence-electron chi connectivity index (χ1n) is 11.2. The van der Waals surface area contributed by atoms with Crippen LogP contribution in [0.5, 0.6) is 0 Å². The number of nitrogens with one attached hydrogen (secondary N) is 2. The largest absolute Gasteiger partial charge is 0.384 e. The second kappa shape index (κ2) is 8.62. The average Bonchev–Trinajstić information content (AvgIpc) is 3.40. The zero-order chi connectivity index (χ0) is 23.8. The molecule has 10 nitrogen and oxygen atoms in total. The van der Waals surface area contributed by atoms with E-state index >= 15 is 0 Å². The number of carbonyl (C=O) groups excluding carboxylic acids is 1. The number of aromatic nitrogens is 5. The van der Waals surface area contributed by atoms with E-state index in [0.717, 1.165) is 33.5 Å². The standard InChI is InChI=1S/C24H26N8O2/c1-14-15(7-10-21(25)29-14)11-28-23(33)20-9-8-16-12-26-22(24(34)32(16)20)27-13-18-17-5-3-4-6-19(17)31(2)30-18/h3-7,10,12,20H,8-9,11,13H2,1-2H3,(H2,25,29)(H,26,27)(H,28,33)/t20-/m0/s1. The number of benzene rings is 1. The van der Waals surface area contributed by atoms with Gasteiger partial charge >= 0.3 is 0 Å². The maximum Gasteiger partial charge on any atom is 0.294 e. The maximum absolute atomic E-state index is 13.2. The summed E-state index contributed by atoms with van der Waals surface area (Å²) in [6.07, 6.45) is 2.84. The lowest BCUT2D eigenvalue weighted by Crippen LogP contribution is -2.36. The molecule has 174 valence electrons. The van der Waals surface area contributed by atoms with Gasteiger partial charge in [-0.2, -0.15) is 5.10 Å². The molecule has 0 bridgehead atoms. The summed E-state index contributed by atoms with van der Waals surface area (Å²) in [5.41, 5.74) is 9.64. The number of hydrogen-bond donors (Lipinski definition) is 3. The molecule has 4 aromatic rings. The molecule has 0 fully saturated rings. The maximum atomic E-state index is 13.2. The summed E-state index contributed by atoms with van der Waals surface area (Å²) in [7, 11) is 1.89. The number of para-hydroxylation sites is 1. The molecule has 0 spiro atoms. The number of anilines is 2. The highest BCUT2D eigenvalue weighted by molar-refractivity contribution is 5.82. The number of rotatable bonds is 6. The van der Waals surface area contributed by atoms with Crippen molar-refractivity contribution in [3.05, 3.63) is 75.6 Å². The van der Waals surface area contributed by atoms with Gasteiger partial charge in [-0.1, -0.05) is 24.3 Å². The summed E-state index contributed by atoms with van der Waals surface area (Å²) in [5.74, 6) is 0.441. The number of nitrogens with zero attached hydrogens (tertiary/aromatic N) is 5. The molecular formula is C24H26N8O2. The van der Waals surface area contributed by atoms with E-state index in [1.54, 1.807) is 16.8 Å². The Morgan fingerprint density at radius 2 is 2.03 bits per heavy atom. The topological polar surface area (TPSA) is 133 Å². The van der Waals surface area contributed by atoms with E-state index in [2.05, 4.69) is 25.7 Å². The van der Waals surface area contributed by atoms with Crippen molar-refractivity contribution in [1.29, 1.82) is 0 Å². The molecule has 0 saturated carbocycles. The van der Waals surface area contributed by atoms with E-state index in [4.69, 9.17) is 5.73 Å². The van der Waals surface area contributed by atoms with Gasteiger partial charge in [-0.05, 0) is 37.5 Å². The third-order valence-corrected chi connectivity index (χ3v) is 6.29. The van der Waals surface area contributed by atoms with E-state index in [9.17, 15) is 9.59 Å². The molecule has 34 heavy (non-hydrogen) atoms. The number of fused-ring (bicyclic) bond motifs is 2. The normalized spacial score (nSPS) is 14.8. The minimum absolute atomic E-state index is 0.204. The number of carbonyl (C=O) groups is 1. The molecular weight excluding hydrogens is 432 g/mol. The number of hydrogen-bond acceptors (Lipinski definition) is 7. The molecule has 0 aliphatic carbocycles. The van der Waals surface area contributed by atoms with Gasteiger partial charge in [0.2, 0.25) is 5.91 Å². The minimum Gasteiger partial charge on any atom is -0.384 e. The highest BCUT2D eigenvalue weighted by Crippen LogP contribution is 2.24. The molecule has 5 rings (SSSR count). The molecule has 4 heterocycles. The van der Waals surface area contributed by atoms with Crippen molar-refractivity contribution in [2.45, 2.75) is 38.9 Å². The molecule has 4 N–H and O–H groups in total. The lowest BCUT2D eigenvalue weighted by Gasteiger charge is -2.16. The summed E-state index contributed by atoms with van der Waals surface area (Å²) >= 11 is 0. The Labute approximate surface area is 195 Å². The quantitative estimate of drug-likeness (QED) is 0.401. The van der Waals surface area contributed by atoms with Crippen LogP contribution >= 0.6 is 0 Å². The number of nitrogens with two attached hydrogens (primary N) is 1. The van der Waals surface area contributed by atoms with Gasteiger partial charge in [0.05, 0.1) is 17.8 Å². The van der Waals surface area contributed by atoms with Crippen LogP contribution in [0.15, 0.2) is 47.4 Å². The Morgan fingerprint density at radius 3 is 2.85 bits per heavy atom. The zero-order valence-corrected chi connectivity index (χ0v) is 19.1. The lowest BCUT2D eigenvalue weighted by molar-refractivity contribution is -0.124. The van der Waals surface area contributed by atoms with Crippen LogP contribution in [0.25, 0.3) is 10.9 Å². The van der Waals surface area contributed by atoms with Crippen LogP contribution in [0.3, 0.4) is 0 Å². The van der Waals surface area contributed by atoms with Gasteiger partial charge in [-0.15, -0.1) is 0 Å². The predicted molar refractivity (Wildman–Crippen MR) is 129 cm³/mol. The van der Waals surface area contributed by atoms with Crippen LogP contribution in [0.4, 0.5) is 11.6 Å². The summed E-state index contributed by atoms with van der Waals surface area (Å²) < 4.78 is 3.36. The van der Waals surface area contributed by atoms with E-state index in [0.29, 0.717) is 31.7 Å². The van der Waals surface area contributed by atoms with Crippen LogP contribution in [-0.2, 0) is 31.4 Å². The fourth-order valence-corrected chi connectivity index (χ4v) is 4.49. The van der Waals surface area contributed by atoms with Crippen LogP contribution < -0.4 is 21.9 Å². The van der Waals surface area contributed by atoms with Crippen LogP contribution in [0, 0.1) is 6.92 Å². The molecule has 0 radical (unpaired) electrons. The Morgan fingerprint density at radius 1 is 1.21 bits per heavy atom. The monoisotopic (exact) mass is 458 g/mol. The third kappa shape index (κ3) is 3.87. The third-order valence-electron chi connectivity index (χ3n) is 6.29. The predicted octanol–water partition coefficient (Wildman–Crippen LogP) is 1.83. The van der Waals surface area contributed by atoms with Crippen molar-refractivity contribution in [3.63, 3.8) is 0 Å². The van der Waals surface area contributed by atoms with Crippen LogP contribution in [0.1, 0.15) is 35.1 Å². The zero-order valence-electron chi connectivity index (χ0n) is 19.1. The van der Waals surface area contributed by atoms with E-state index in [-0.39, 0.29) is 17.3 Å². The van der Waals surface area contributed by atoms with Gasteiger partial charge in [0, 0.05) is 36.6 Å². The Bertz CT molecular complexity index is 1460. The van der Waals surface area contributed by atoms with Gasteiger partial charge in [0.1, 0.15) is 11.9 Å². The van der Waals surface area contributed by atoms with Crippen LogP contribution in [-0.4, -0.2) is 30.2 Å². The lowest BCUT2D eigenvalue weighted by atomic mass is 10.1. The van der Waals surface area contributed by atoms with E-state index in [1.165, 1.54) is 0 Å². The number of nitrogen functional groups attached to an aromatic ring is 1. The van der Waals surface area contributed by atoms with Crippen molar-refractivity contribution in [2.75, 3.05) is 11.1 Å². The Balaban J connectivity index is 1.33. The molecule has 1 aliphatic rings. The molecule has 10 heteroatoms. The number of pyridine rings is 1. The summed E-state index contributed by atoms with van der Waals surface area (Å²) in [6.45, 7) is 2.52. The molecule has 0 unspecified atom stereocenters. The van der Waals surface area contributed by atoms with Gasteiger partial charge < -0.3 is 16.4 Å². The molecule has 1 atom stereocenters. The summed E-state index contributed by atoms with van der Waals surface area (Å²) in [4.78, 5) is 34.8. The second-order valence-electron chi connectivity index (χ2n) is 8.47. The average molecular weight is 459 g/mol. The van der Waals surface area contributed by atoms with E-state index < -0.39 is 6.04 Å². The molecule has 1 aromatic carbocycles. The molecule has 1 aliphatic heterocycles. The summed E-state index contributed by atoms with van der Waals surface area (Å²) in [6, 6.07) is 10.9. The SMILES string of the molecule is Cc1nc(N)ccc1CNC(=O)[C@@H]1CCc2cnc(NCc3nn(C)c4ccccc34)c(=O)n21. The molecule has 1 amide bonds. The van der Waals surface area contributed by atoms with Crippen LogP contribution in [0.2, 0.25) is 0 Å². The van der Waals surface area contributed by atoms with Gasteiger partial charge in [0.15, 0.2) is 5.82 Å². The Hall–Kier alpha value is -4.21. The number of amides is 1. The van der Waals surface area contributed by atoms with Crippen molar-refractivity contribution in [2.24, 2.45) is 7.05 Å². The first-order valence-corrected chi connectivity index (χ1v) is 11.2. The fraction of sp³-hybridized carbons (Fsp3) is 0.292. The first-order chi connectivity index (χ1) is 16.4. The van der Waals surface area contributed by atoms with Gasteiger partial charge in [0.25, 0.3) is 5.56 Å². The Kier molecular flexibility index (Phi) is 5.48. The molecule has 3 aromatic heterocycles. The van der Waals surface area contributed by atoms with Crippen molar-refractivity contribution < 1.29 is 4.79 Å². The van der Waals surface area contributed by atoms with Gasteiger partial charge in [-0.25, -0.2) is 9.97 Å². The molecule has 0 saturated heterocycles. The van der Waals surface area contributed by atoms with Crippen molar-refractivity contribution >= 4 is 28.4 Å². The number of aryl methyl sites for hydroxylation is 3. The highest BCUT2D eigenvalue weighted by atomic mass is 16.2. The smallest absolute Gasteiger partial charge is 0.294 e. The second-order valence-corrected chi connectivity index (χ2v) is 8.47. The first kappa shape index (κ1) is 21.6. The van der Waals surface area contributed by atoms with Gasteiger partial charge in [-0.3, -0.25) is 18.8 Å². The minimum atomic E-state index is -0.580. The summed E-state index contributed by atoms with van der Waals surface area (Å²) in [5, 5.41) is 11.6. The van der Waals surface area contributed by atoms with Crippen molar-refractivity contribution in [1.82, 2.24) is 29.6 Å².